The van der Waals surface area contributed by atoms with Gasteiger partial charge in [0, 0.05) is 0 Å². The first-order valence-electron chi connectivity index (χ1n) is 5.41. The van der Waals surface area contributed by atoms with Gasteiger partial charge in [0.05, 0.1) is 10.6 Å². The molecule has 0 unspecified atom stereocenters. The molecule has 2 rings (SSSR count). The van der Waals surface area contributed by atoms with Crippen LogP contribution in [0.2, 0.25) is 5.02 Å². The van der Waals surface area contributed by atoms with E-state index in [1.165, 1.54) is 0 Å². The van der Waals surface area contributed by atoms with Crippen LogP contribution >= 0.6 is 23.8 Å². The standard InChI is InChI=1S/C14H12ClNOS/c1-9-5-4-6-10(14(16)18)13(9)17-12-8-3-2-7-11(12)15/h2-8H,1H3,(H2,16,18). The van der Waals surface area contributed by atoms with Gasteiger partial charge in [-0.25, -0.2) is 0 Å². The molecule has 18 heavy (non-hydrogen) atoms. The Bertz CT molecular complexity index is 598. The van der Waals surface area contributed by atoms with Gasteiger partial charge in [0.15, 0.2) is 0 Å². The zero-order chi connectivity index (χ0) is 13.1. The number of benzene rings is 2. The normalized spacial score (nSPS) is 10.1. The Balaban J connectivity index is 2.46. The molecule has 0 aliphatic rings. The Morgan fingerprint density at radius 2 is 1.89 bits per heavy atom. The number of aryl methyl sites for hydroxylation is 1. The van der Waals surface area contributed by atoms with E-state index in [0.29, 0.717) is 27.1 Å². The number of nitrogens with two attached hydrogens (primary N) is 1. The highest BCUT2D eigenvalue weighted by atomic mass is 35.5. The molecule has 0 aliphatic heterocycles. The molecule has 2 aromatic rings. The van der Waals surface area contributed by atoms with E-state index in [1.807, 2.05) is 37.3 Å². The molecule has 0 radical (unpaired) electrons. The topological polar surface area (TPSA) is 35.2 Å². The Morgan fingerprint density at radius 1 is 1.17 bits per heavy atom. The highest BCUT2D eigenvalue weighted by Gasteiger charge is 2.11. The molecule has 2 N–H and O–H groups in total. The molecule has 4 heteroatoms. The van der Waals surface area contributed by atoms with Crippen molar-refractivity contribution in [2.45, 2.75) is 6.92 Å². The van der Waals surface area contributed by atoms with Gasteiger partial charge in [-0.05, 0) is 30.7 Å². The van der Waals surface area contributed by atoms with Gasteiger partial charge in [-0.2, -0.15) is 0 Å². The minimum atomic E-state index is 0.306. The van der Waals surface area contributed by atoms with Crippen molar-refractivity contribution < 1.29 is 4.74 Å². The van der Waals surface area contributed by atoms with Crippen LogP contribution in [0.15, 0.2) is 42.5 Å². The van der Waals surface area contributed by atoms with Crippen LogP contribution in [0.1, 0.15) is 11.1 Å². The third kappa shape index (κ3) is 2.63. The molecular weight excluding hydrogens is 266 g/mol. The summed E-state index contributed by atoms with van der Waals surface area (Å²) in [6, 6.07) is 13.0. The maximum Gasteiger partial charge on any atom is 0.146 e. The van der Waals surface area contributed by atoms with Crippen LogP contribution in [-0.4, -0.2) is 4.99 Å². The molecule has 0 spiro atoms. The summed E-state index contributed by atoms with van der Waals surface area (Å²) < 4.78 is 5.83. The average Bonchev–Trinajstić information content (AvgIpc) is 2.34. The lowest BCUT2D eigenvalue weighted by atomic mass is 10.1. The van der Waals surface area contributed by atoms with Gasteiger partial charge in [0.25, 0.3) is 0 Å². The van der Waals surface area contributed by atoms with Crippen LogP contribution in [0.25, 0.3) is 0 Å². The predicted molar refractivity (Wildman–Crippen MR) is 78.6 cm³/mol. The van der Waals surface area contributed by atoms with Gasteiger partial charge >= 0.3 is 0 Å². The number of rotatable bonds is 3. The van der Waals surface area contributed by atoms with Crippen molar-refractivity contribution in [3.8, 4) is 11.5 Å². The van der Waals surface area contributed by atoms with Crippen molar-refractivity contribution in [2.24, 2.45) is 5.73 Å². The summed E-state index contributed by atoms with van der Waals surface area (Å²) in [5, 5.41) is 0.551. The fourth-order valence-corrected chi connectivity index (χ4v) is 1.95. The van der Waals surface area contributed by atoms with Crippen LogP contribution < -0.4 is 10.5 Å². The lowest BCUT2D eigenvalue weighted by Crippen LogP contribution is -2.11. The molecular formula is C14H12ClNOS. The van der Waals surface area contributed by atoms with Gasteiger partial charge in [-0.1, -0.05) is 48.1 Å². The van der Waals surface area contributed by atoms with Gasteiger partial charge < -0.3 is 10.5 Å². The van der Waals surface area contributed by atoms with E-state index in [4.69, 9.17) is 34.3 Å². The van der Waals surface area contributed by atoms with E-state index < -0.39 is 0 Å². The second kappa shape index (κ2) is 5.38. The van der Waals surface area contributed by atoms with E-state index in [1.54, 1.807) is 12.1 Å². The van der Waals surface area contributed by atoms with Crippen LogP contribution in [0.5, 0.6) is 11.5 Å². The van der Waals surface area contributed by atoms with E-state index >= 15 is 0 Å². The Kier molecular flexibility index (Phi) is 3.84. The van der Waals surface area contributed by atoms with Crippen LogP contribution in [-0.2, 0) is 0 Å². The highest BCUT2D eigenvalue weighted by molar-refractivity contribution is 7.80. The maximum atomic E-state index is 6.07. The quantitative estimate of drug-likeness (QED) is 0.859. The zero-order valence-electron chi connectivity index (χ0n) is 9.81. The summed E-state index contributed by atoms with van der Waals surface area (Å²) in [5.41, 5.74) is 7.37. The highest BCUT2D eigenvalue weighted by Crippen LogP contribution is 2.33. The van der Waals surface area contributed by atoms with Crippen LogP contribution in [0, 0.1) is 6.92 Å². The summed E-state index contributed by atoms with van der Waals surface area (Å²) in [7, 11) is 0. The molecule has 0 fully saturated rings. The van der Waals surface area contributed by atoms with Crippen molar-refractivity contribution in [3.05, 3.63) is 58.6 Å². The number of ether oxygens (including phenoxy) is 1. The summed E-state index contributed by atoms with van der Waals surface area (Å²) >= 11 is 11.1. The Labute approximate surface area is 116 Å². The first kappa shape index (κ1) is 12.9. The Morgan fingerprint density at radius 3 is 2.56 bits per heavy atom. The lowest BCUT2D eigenvalue weighted by molar-refractivity contribution is 0.478. The van der Waals surface area contributed by atoms with E-state index in [2.05, 4.69) is 0 Å². The molecule has 0 heterocycles. The molecule has 0 saturated carbocycles. The molecule has 2 aromatic carbocycles. The number of halogens is 1. The van der Waals surface area contributed by atoms with Gasteiger partial charge in [0.1, 0.15) is 16.5 Å². The molecule has 2 nitrogen and oxygen atoms in total. The predicted octanol–water partition coefficient (Wildman–Crippen LogP) is 4.07. The SMILES string of the molecule is Cc1cccc(C(N)=S)c1Oc1ccccc1Cl. The third-order valence-electron chi connectivity index (χ3n) is 2.53. The molecule has 0 aromatic heterocycles. The summed E-state index contributed by atoms with van der Waals surface area (Å²) in [6.45, 7) is 1.94. The number of hydrogen-bond acceptors (Lipinski definition) is 2. The van der Waals surface area contributed by atoms with E-state index in [-0.39, 0.29) is 0 Å². The largest absolute Gasteiger partial charge is 0.455 e. The number of thiocarbonyl (C=S) groups is 1. The average molecular weight is 278 g/mol. The maximum absolute atomic E-state index is 6.07. The van der Waals surface area contributed by atoms with E-state index in [0.717, 1.165) is 5.56 Å². The second-order valence-electron chi connectivity index (χ2n) is 3.85. The fourth-order valence-electron chi connectivity index (χ4n) is 1.62. The van der Waals surface area contributed by atoms with Crippen LogP contribution in [0.3, 0.4) is 0 Å². The minimum absolute atomic E-state index is 0.306. The van der Waals surface area contributed by atoms with Gasteiger partial charge in [-0.15, -0.1) is 0 Å². The molecule has 0 amide bonds. The second-order valence-corrected chi connectivity index (χ2v) is 4.70. The monoisotopic (exact) mass is 277 g/mol. The van der Waals surface area contributed by atoms with E-state index in [9.17, 15) is 0 Å². The third-order valence-corrected chi connectivity index (χ3v) is 3.06. The first-order chi connectivity index (χ1) is 8.59. The Hall–Kier alpha value is -1.58. The lowest BCUT2D eigenvalue weighted by Gasteiger charge is -2.13. The molecule has 92 valence electrons. The summed E-state index contributed by atoms with van der Waals surface area (Å²) in [5.74, 6) is 1.24. The van der Waals surface area contributed by atoms with Crippen molar-refractivity contribution in [1.29, 1.82) is 0 Å². The van der Waals surface area contributed by atoms with Crippen molar-refractivity contribution in [3.63, 3.8) is 0 Å². The molecule has 0 atom stereocenters. The minimum Gasteiger partial charge on any atom is -0.455 e. The van der Waals surface area contributed by atoms with Gasteiger partial charge in [-0.3, -0.25) is 0 Å². The molecule has 0 saturated heterocycles. The van der Waals surface area contributed by atoms with Crippen LogP contribution in [0.4, 0.5) is 0 Å². The van der Waals surface area contributed by atoms with Crippen molar-refractivity contribution in [2.75, 3.05) is 0 Å². The smallest absolute Gasteiger partial charge is 0.146 e. The zero-order valence-corrected chi connectivity index (χ0v) is 11.4. The molecule has 0 bridgehead atoms. The first-order valence-corrected chi connectivity index (χ1v) is 6.20. The van der Waals surface area contributed by atoms with Crippen molar-refractivity contribution in [1.82, 2.24) is 0 Å². The summed E-state index contributed by atoms with van der Waals surface area (Å²) in [4.78, 5) is 0.306. The van der Waals surface area contributed by atoms with Gasteiger partial charge in [0.2, 0.25) is 0 Å². The van der Waals surface area contributed by atoms with Crippen molar-refractivity contribution >= 4 is 28.8 Å². The number of hydrogen-bond donors (Lipinski definition) is 1. The fraction of sp³-hybridized carbons (Fsp3) is 0.0714. The molecule has 0 aliphatic carbocycles. The number of para-hydroxylation sites is 2. The summed E-state index contributed by atoms with van der Waals surface area (Å²) in [6.07, 6.45) is 0.